The highest BCUT2D eigenvalue weighted by molar-refractivity contribution is 6.05. The molecule has 0 saturated carbocycles. The van der Waals surface area contributed by atoms with Gasteiger partial charge in [0.15, 0.2) is 0 Å². The highest BCUT2D eigenvalue weighted by Crippen LogP contribution is 2.27. The van der Waals surface area contributed by atoms with Crippen LogP contribution in [0.2, 0.25) is 0 Å². The Morgan fingerprint density at radius 2 is 1.78 bits per heavy atom. The molecule has 5 nitrogen and oxygen atoms in total. The second-order valence-corrected chi connectivity index (χ2v) is 5.87. The van der Waals surface area contributed by atoms with Gasteiger partial charge in [-0.1, -0.05) is 30.3 Å². The fourth-order valence-corrected chi connectivity index (χ4v) is 2.82. The minimum atomic E-state index is -0.134. The summed E-state index contributed by atoms with van der Waals surface area (Å²) in [6.07, 6.45) is 1.64. The molecule has 27 heavy (non-hydrogen) atoms. The van der Waals surface area contributed by atoms with E-state index in [1.165, 1.54) is 0 Å². The lowest BCUT2D eigenvalue weighted by molar-refractivity contribution is 0.0983. The third-order valence-electron chi connectivity index (χ3n) is 4.07. The topological polar surface area (TPSA) is 54.5 Å². The predicted molar refractivity (Wildman–Crippen MR) is 109 cm³/mol. The number of pyridine rings is 1. The van der Waals surface area contributed by atoms with E-state index in [0.717, 1.165) is 22.8 Å². The fraction of sp³-hybridized carbons (Fsp3) is 0.182. The highest BCUT2D eigenvalue weighted by Gasteiger charge is 2.17. The van der Waals surface area contributed by atoms with Crippen molar-refractivity contribution in [1.29, 1.82) is 0 Å². The van der Waals surface area contributed by atoms with Crippen molar-refractivity contribution in [2.24, 2.45) is 0 Å². The molecule has 0 unspecified atom stereocenters. The zero-order valence-electron chi connectivity index (χ0n) is 15.6. The number of nitrogens with zero attached hydrogens (tertiary/aromatic N) is 2. The van der Waals surface area contributed by atoms with Crippen molar-refractivity contribution in [2.75, 3.05) is 23.4 Å². The number of anilines is 3. The lowest BCUT2D eigenvalue weighted by Crippen LogP contribution is -2.31. The fourth-order valence-electron chi connectivity index (χ4n) is 2.82. The van der Waals surface area contributed by atoms with Crippen LogP contribution in [0.1, 0.15) is 24.3 Å². The molecule has 0 saturated heterocycles. The molecular weight excluding hydrogens is 338 g/mol. The van der Waals surface area contributed by atoms with Crippen LogP contribution in [0.5, 0.6) is 5.75 Å². The molecule has 0 atom stereocenters. The summed E-state index contributed by atoms with van der Waals surface area (Å²) in [6, 6.07) is 20.9. The van der Waals surface area contributed by atoms with E-state index in [1.807, 2.05) is 74.5 Å². The molecule has 0 bridgehead atoms. The molecule has 0 spiro atoms. The summed E-state index contributed by atoms with van der Waals surface area (Å²) in [5.41, 5.74) is 2.87. The van der Waals surface area contributed by atoms with Crippen LogP contribution in [0.25, 0.3) is 0 Å². The van der Waals surface area contributed by atoms with E-state index in [9.17, 15) is 4.79 Å². The maximum atomic E-state index is 13.0. The van der Waals surface area contributed by atoms with Gasteiger partial charge in [-0.15, -0.1) is 0 Å². The molecule has 1 aromatic heterocycles. The molecule has 1 heterocycles. The number of carbonyl (C=O) groups is 1. The Bertz CT molecular complexity index is 897. The molecule has 0 aliphatic carbocycles. The summed E-state index contributed by atoms with van der Waals surface area (Å²) in [5, 5.41) is 3.31. The van der Waals surface area contributed by atoms with Crippen LogP contribution in [0.4, 0.5) is 17.1 Å². The van der Waals surface area contributed by atoms with Crippen LogP contribution in [-0.4, -0.2) is 24.0 Å². The Hall–Kier alpha value is -3.34. The molecule has 0 aliphatic heterocycles. The normalized spacial score (nSPS) is 10.3. The number of benzene rings is 2. The third-order valence-corrected chi connectivity index (χ3v) is 4.07. The summed E-state index contributed by atoms with van der Waals surface area (Å²) in [6.45, 7) is 5.05. The standard InChI is InChI=1S/C22H23N3O2/c1-3-25(18-10-6-5-7-11-18)22(26)20-16-17(14-15-23-20)24-19-12-8-9-13-21(19)27-4-2/h5-16H,3-4H2,1-2H3,(H,23,24). The lowest BCUT2D eigenvalue weighted by Gasteiger charge is -2.21. The van der Waals surface area contributed by atoms with E-state index in [-0.39, 0.29) is 5.91 Å². The monoisotopic (exact) mass is 361 g/mol. The number of hydrogen-bond acceptors (Lipinski definition) is 4. The number of ether oxygens (including phenoxy) is 1. The lowest BCUT2D eigenvalue weighted by atomic mass is 10.2. The van der Waals surface area contributed by atoms with Gasteiger partial charge in [-0.3, -0.25) is 9.78 Å². The molecule has 0 fully saturated rings. The van der Waals surface area contributed by atoms with E-state index >= 15 is 0 Å². The largest absolute Gasteiger partial charge is 0.492 e. The first-order valence-electron chi connectivity index (χ1n) is 9.04. The second kappa shape index (κ2) is 8.85. The molecule has 0 radical (unpaired) electrons. The average molecular weight is 361 g/mol. The molecule has 3 rings (SSSR count). The Balaban J connectivity index is 1.84. The molecular formula is C22H23N3O2. The van der Waals surface area contributed by atoms with Crippen molar-refractivity contribution in [3.8, 4) is 5.75 Å². The first-order valence-corrected chi connectivity index (χ1v) is 9.04. The van der Waals surface area contributed by atoms with Crippen molar-refractivity contribution in [1.82, 2.24) is 4.98 Å². The summed E-state index contributed by atoms with van der Waals surface area (Å²) in [4.78, 5) is 18.9. The van der Waals surface area contributed by atoms with E-state index in [1.54, 1.807) is 17.2 Å². The number of para-hydroxylation sites is 3. The SMILES string of the molecule is CCOc1ccccc1Nc1ccnc(C(=O)N(CC)c2ccccc2)c1. The maximum Gasteiger partial charge on any atom is 0.276 e. The van der Waals surface area contributed by atoms with E-state index < -0.39 is 0 Å². The van der Waals surface area contributed by atoms with Crippen molar-refractivity contribution < 1.29 is 9.53 Å². The zero-order valence-corrected chi connectivity index (χ0v) is 15.6. The van der Waals surface area contributed by atoms with E-state index in [2.05, 4.69) is 10.3 Å². The summed E-state index contributed by atoms with van der Waals surface area (Å²) in [7, 11) is 0. The summed E-state index contributed by atoms with van der Waals surface area (Å²) >= 11 is 0. The smallest absolute Gasteiger partial charge is 0.276 e. The van der Waals surface area contributed by atoms with Gasteiger partial charge >= 0.3 is 0 Å². The molecule has 138 valence electrons. The molecule has 2 aromatic carbocycles. The van der Waals surface area contributed by atoms with Crippen LogP contribution in [0.3, 0.4) is 0 Å². The first kappa shape index (κ1) is 18.5. The Labute approximate surface area is 159 Å². The van der Waals surface area contributed by atoms with E-state index in [0.29, 0.717) is 18.8 Å². The summed E-state index contributed by atoms with van der Waals surface area (Å²) in [5.74, 6) is 0.634. The number of nitrogens with one attached hydrogen (secondary N) is 1. The number of hydrogen-bond donors (Lipinski definition) is 1. The van der Waals surface area contributed by atoms with Crippen LogP contribution in [0.15, 0.2) is 72.9 Å². The van der Waals surface area contributed by atoms with Crippen molar-refractivity contribution in [3.63, 3.8) is 0 Å². The molecule has 5 heteroatoms. The molecule has 1 N–H and O–H groups in total. The first-order chi connectivity index (χ1) is 13.2. The van der Waals surface area contributed by atoms with Gasteiger partial charge in [0.2, 0.25) is 0 Å². The van der Waals surface area contributed by atoms with Gasteiger partial charge in [-0.05, 0) is 50.2 Å². The minimum absolute atomic E-state index is 0.134. The minimum Gasteiger partial charge on any atom is -0.492 e. The Kier molecular flexibility index (Phi) is 6.05. The molecule has 3 aromatic rings. The van der Waals surface area contributed by atoms with Gasteiger partial charge in [0.05, 0.1) is 12.3 Å². The number of aromatic nitrogens is 1. The number of carbonyl (C=O) groups excluding carboxylic acids is 1. The number of amides is 1. The Morgan fingerprint density at radius 3 is 2.52 bits per heavy atom. The number of rotatable bonds is 7. The van der Waals surface area contributed by atoms with Crippen molar-refractivity contribution in [3.05, 3.63) is 78.6 Å². The van der Waals surface area contributed by atoms with Gasteiger partial charge in [0.1, 0.15) is 11.4 Å². The van der Waals surface area contributed by atoms with Gasteiger partial charge in [0, 0.05) is 24.1 Å². The second-order valence-electron chi connectivity index (χ2n) is 5.87. The predicted octanol–water partition coefficient (Wildman–Crippen LogP) is 4.89. The van der Waals surface area contributed by atoms with Gasteiger partial charge in [0.25, 0.3) is 5.91 Å². The molecule has 1 amide bonds. The Morgan fingerprint density at radius 1 is 1.04 bits per heavy atom. The van der Waals surface area contributed by atoms with Crippen LogP contribution >= 0.6 is 0 Å². The molecule has 0 aliphatic rings. The van der Waals surface area contributed by atoms with E-state index in [4.69, 9.17) is 4.74 Å². The zero-order chi connectivity index (χ0) is 19.1. The van der Waals surface area contributed by atoms with Crippen molar-refractivity contribution in [2.45, 2.75) is 13.8 Å². The van der Waals surface area contributed by atoms with Crippen LogP contribution in [0, 0.1) is 0 Å². The average Bonchev–Trinajstić information content (AvgIpc) is 2.71. The van der Waals surface area contributed by atoms with Crippen molar-refractivity contribution >= 4 is 23.0 Å². The van der Waals surface area contributed by atoms with Gasteiger partial charge < -0.3 is 15.0 Å². The van der Waals surface area contributed by atoms with Gasteiger partial charge in [-0.2, -0.15) is 0 Å². The maximum absolute atomic E-state index is 13.0. The van der Waals surface area contributed by atoms with Gasteiger partial charge in [-0.25, -0.2) is 0 Å². The quantitative estimate of drug-likeness (QED) is 0.651. The van der Waals surface area contributed by atoms with Crippen LogP contribution in [-0.2, 0) is 0 Å². The third kappa shape index (κ3) is 4.44. The highest BCUT2D eigenvalue weighted by atomic mass is 16.5. The summed E-state index contributed by atoms with van der Waals surface area (Å²) < 4.78 is 5.65. The van der Waals surface area contributed by atoms with Crippen LogP contribution < -0.4 is 15.0 Å².